The van der Waals surface area contributed by atoms with Gasteiger partial charge in [0.05, 0.1) is 17.2 Å². The minimum Gasteiger partial charge on any atom is -0.404 e. The Hall–Kier alpha value is -1.96. The molecule has 160 valence electrons. The van der Waals surface area contributed by atoms with E-state index < -0.39 is 11.8 Å². The van der Waals surface area contributed by atoms with Crippen molar-refractivity contribution in [2.24, 2.45) is 5.41 Å². The zero-order valence-corrected chi connectivity index (χ0v) is 16.3. The van der Waals surface area contributed by atoms with Gasteiger partial charge in [-0.15, -0.1) is 13.2 Å². The van der Waals surface area contributed by atoms with Crippen LogP contribution in [0.2, 0.25) is 0 Å². The molecule has 8 heteroatoms. The highest BCUT2D eigenvalue weighted by Gasteiger charge is 2.51. The summed E-state index contributed by atoms with van der Waals surface area (Å²) >= 11 is 0. The lowest BCUT2D eigenvalue weighted by atomic mass is 9.78. The number of anilines is 1. The number of hydrogen-bond donors (Lipinski definition) is 1. The third kappa shape index (κ3) is 4.17. The van der Waals surface area contributed by atoms with Crippen LogP contribution in [0.25, 0.3) is 0 Å². The first-order valence-corrected chi connectivity index (χ1v) is 10.4. The summed E-state index contributed by atoms with van der Waals surface area (Å²) in [7, 11) is 0. The molecule has 5 nitrogen and oxygen atoms in total. The maximum atomic E-state index is 13.4. The second kappa shape index (κ2) is 7.70. The molecule has 1 aliphatic carbocycles. The fraction of sp³-hybridized carbons (Fsp3) is 0.667. The summed E-state index contributed by atoms with van der Waals surface area (Å²) in [5.41, 5.74) is -0.157. The number of alkyl halides is 3. The molecule has 0 aromatic heterocycles. The molecule has 0 bridgehead atoms. The minimum absolute atomic E-state index is 0.123. The van der Waals surface area contributed by atoms with Crippen LogP contribution in [0.1, 0.15) is 44.9 Å². The molecule has 1 aromatic rings. The molecule has 0 radical (unpaired) electrons. The van der Waals surface area contributed by atoms with Gasteiger partial charge in [-0.05, 0) is 57.1 Å². The Morgan fingerprint density at radius 2 is 1.79 bits per heavy atom. The Morgan fingerprint density at radius 1 is 1.07 bits per heavy atom. The van der Waals surface area contributed by atoms with E-state index in [9.17, 15) is 23.1 Å². The second-order valence-electron chi connectivity index (χ2n) is 8.53. The van der Waals surface area contributed by atoms with Gasteiger partial charge in [-0.3, -0.25) is 4.79 Å². The lowest BCUT2D eigenvalue weighted by Crippen LogP contribution is -2.50. The number of piperidine rings is 1. The molecule has 1 atom stereocenters. The van der Waals surface area contributed by atoms with Gasteiger partial charge < -0.3 is 19.6 Å². The Balaban J connectivity index is 1.51. The summed E-state index contributed by atoms with van der Waals surface area (Å²) in [6.45, 7) is 1.70. The summed E-state index contributed by atoms with van der Waals surface area (Å²) in [4.78, 5) is 17.2. The SMILES string of the molecule is O=C1N([C@H]2CC[C@H](O)CC2)CC[C@@]12CCCN(c1ccccc1OC(F)(F)F)C2. The van der Waals surface area contributed by atoms with Gasteiger partial charge in [-0.2, -0.15) is 0 Å². The number of ether oxygens (including phenoxy) is 1. The summed E-state index contributed by atoms with van der Waals surface area (Å²) in [6.07, 6.45) is 0.279. The predicted octanol–water partition coefficient (Wildman–Crippen LogP) is 3.71. The molecule has 4 rings (SSSR count). The minimum atomic E-state index is -4.75. The van der Waals surface area contributed by atoms with Crippen LogP contribution in [0.3, 0.4) is 0 Å². The Kier molecular flexibility index (Phi) is 5.40. The Labute approximate surface area is 168 Å². The first-order valence-electron chi connectivity index (χ1n) is 10.4. The number of para-hydroxylation sites is 2. The van der Waals surface area contributed by atoms with E-state index in [1.54, 1.807) is 12.1 Å². The van der Waals surface area contributed by atoms with Crippen molar-refractivity contribution >= 4 is 11.6 Å². The average Bonchev–Trinajstić information content (AvgIpc) is 2.98. The molecule has 3 fully saturated rings. The van der Waals surface area contributed by atoms with Crippen molar-refractivity contribution < 1.29 is 27.8 Å². The van der Waals surface area contributed by atoms with Gasteiger partial charge in [0.15, 0.2) is 5.75 Å². The number of benzene rings is 1. The molecule has 2 saturated heterocycles. The van der Waals surface area contributed by atoms with E-state index in [1.165, 1.54) is 12.1 Å². The molecule has 1 N–H and O–H groups in total. The van der Waals surface area contributed by atoms with Crippen molar-refractivity contribution in [1.29, 1.82) is 0 Å². The van der Waals surface area contributed by atoms with E-state index in [1.807, 2.05) is 9.80 Å². The topological polar surface area (TPSA) is 53.0 Å². The maximum absolute atomic E-state index is 13.4. The van der Waals surface area contributed by atoms with E-state index in [0.29, 0.717) is 25.3 Å². The number of likely N-dealkylation sites (tertiary alicyclic amines) is 1. The van der Waals surface area contributed by atoms with Crippen molar-refractivity contribution in [3.8, 4) is 5.75 Å². The van der Waals surface area contributed by atoms with Gasteiger partial charge in [-0.1, -0.05) is 12.1 Å². The van der Waals surface area contributed by atoms with Crippen molar-refractivity contribution in [1.82, 2.24) is 4.90 Å². The maximum Gasteiger partial charge on any atom is 0.573 e. The standard InChI is InChI=1S/C21H27F3N2O3/c22-21(23,24)29-18-5-2-1-4-17(18)25-12-3-10-20(14-25)11-13-26(19(20)28)15-6-8-16(27)9-7-15/h1-2,4-5,15-16,27H,3,6-14H2/t15-,16-,20-/m1/s1. The highest BCUT2D eigenvalue weighted by Crippen LogP contribution is 2.45. The fourth-order valence-electron chi connectivity index (χ4n) is 5.21. The van der Waals surface area contributed by atoms with Crippen LogP contribution >= 0.6 is 0 Å². The first-order chi connectivity index (χ1) is 13.8. The van der Waals surface area contributed by atoms with Crippen molar-refractivity contribution in [3.05, 3.63) is 24.3 Å². The monoisotopic (exact) mass is 412 g/mol. The number of halogens is 3. The van der Waals surface area contributed by atoms with Gasteiger partial charge in [0, 0.05) is 25.7 Å². The number of rotatable bonds is 3. The van der Waals surface area contributed by atoms with Crippen LogP contribution < -0.4 is 9.64 Å². The van der Waals surface area contributed by atoms with Crippen molar-refractivity contribution in [2.45, 2.75) is 63.5 Å². The third-order valence-corrected chi connectivity index (χ3v) is 6.66. The van der Waals surface area contributed by atoms with Gasteiger partial charge in [0.1, 0.15) is 0 Å². The number of carbonyl (C=O) groups is 1. The molecule has 1 saturated carbocycles. The molecule has 2 heterocycles. The average molecular weight is 412 g/mol. The van der Waals surface area contributed by atoms with Gasteiger partial charge >= 0.3 is 6.36 Å². The van der Waals surface area contributed by atoms with Crippen LogP contribution in [0, 0.1) is 5.41 Å². The number of nitrogens with zero attached hydrogens (tertiary/aromatic N) is 2. The first kappa shape index (κ1) is 20.3. The lowest BCUT2D eigenvalue weighted by Gasteiger charge is -2.41. The molecule has 1 spiro atoms. The van der Waals surface area contributed by atoms with Gasteiger partial charge in [-0.25, -0.2) is 0 Å². The molecule has 0 unspecified atom stereocenters. The molecule has 1 amide bonds. The van der Waals surface area contributed by atoms with Crippen molar-refractivity contribution in [2.75, 3.05) is 24.5 Å². The summed E-state index contributed by atoms with van der Waals surface area (Å²) in [5, 5.41) is 9.74. The van der Waals surface area contributed by atoms with E-state index in [4.69, 9.17) is 0 Å². The highest BCUT2D eigenvalue weighted by atomic mass is 19.4. The molecule has 29 heavy (non-hydrogen) atoms. The number of amides is 1. The van der Waals surface area contributed by atoms with Crippen LogP contribution in [-0.4, -0.2) is 54.1 Å². The predicted molar refractivity (Wildman–Crippen MR) is 102 cm³/mol. The number of aliphatic hydroxyl groups is 1. The fourth-order valence-corrected chi connectivity index (χ4v) is 5.21. The summed E-state index contributed by atoms with van der Waals surface area (Å²) in [5.74, 6) is -0.0987. The molecule has 3 aliphatic rings. The highest BCUT2D eigenvalue weighted by molar-refractivity contribution is 5.86. The zero-order valence-electron chi connectivity index (χ0n) is 16.3. The smallest absolute Gasteiger partial charge is 0.404 e. The zero-order chi connectivity index (χ0) is 20.6. The van der Waals surface area contributed by atoms with Crippen LogP contribution in [0.5, 0.6) is 5.75 Å². The number of hydrogen-bond acceptors (Lipinski definition) is 4. The van der Waals surface area contributed by atoms with E-state index in [0.717, 1.165) is 44.9 Å². The third-order valence-electron chi connectivity index (χ3n) is 6.66. The summed E-state index contributed by atoms with van der Waals surface area (Å²) in [6, 6.07) is 6.32. The van der Waals surface area contributed by atoms with Crippen LogP contribution in [0.15, 0.2) is 24.3 Å². The van der Waals surface area contributed by atoms with Crippen LogP contribution in [0.4, 0.5) is 18.9 Å². The van der Waals surface area contributed by atoms with Gasteiger partial charge in [0.25, 0.3) is 0 Å². The Morgan fingerprint density at radius 3 is 2.52 bits per heavy atom. The van der Waals surface area contributed by atoms with E-state index in [-0.39, 0.29) is 23.8 Å². The molecular formula is C21H27F3N2O3. The summed E-state index contributed by atoms with van der Waals surface area (Å²) < 4.78 is 42.7. The second-order valence-corrected chi connectivity index (χ2v) is 8.53. The van der Waals surface area contributed by atoms with Gasteiger partial charge in [0.2, 0.25) is 5.91 Å². The van der Waals surface area contributed by atoms with E-state index in [2.05, 4.69) is 4.74 Å². The van der Waals surface area contributed by atoms with Crippen molar-refractivity contribution in [3.63, 3.8) is 0 Å². The van der Waals surface area contributed by atoms with E-state index >= 15 is 0 Å². The molecule has 1 aromatic carbocycles. The largest absolute Gasteiger partial charge is 0.573 e. The molecular weight excluding hydrogens is 385 g/mol. The number of carbonyl (C=O) groups excluding carboxylic acids is 1. The normalized spacial score (nSPS) is 30.8. The Bertz CT molecular complexity index is 749. The van der Waals surface area contributed by atoms with Crippen LogP contribution in [-0.2, 0) is 4.79 Å². The number of aliphatic hydroxyl groups excluding tert-OH is 1. The lowest BCUT2D eigenvalue weighted by molar-refractivity contribution is -0.274. The molecule has 2 aliphatic heterocycles. The quantitative estimate of drug-likeness (QED) is 0.823.